The van der Waals surface area contributed by atoms with Crippen molar-refractivity contribution < 1.29 is 0 Å². The lowest BCUT2D eigenvalue weighted by molar-refractivity contribution is 0.810. The van der Waals surface area contributed by atoms with Gasteiger partial charge in [-0.25, -0.2) is 9.97 Å². The third-order valence-electron chi connectivity index (χ3n) is 3.47. The molecule has 0 unspecified atom stereocenters. The first-order valence-corrected chi connectivity index (χ1v) is 6.59. The van der Waals surface area contributed by atoms with Crippen molar-refractivity contribution in [3.63, 3.8) is 0 Å². The van der Waals surface area contributed by atoms with Gasteiger partial charge in [0.15, 0.2) is 0 Å². The molecular weight excluding hydrogens is 212 g/mol. The zero-order valence-corrected chi connectivity index (χ0v) is 10.6. The van der Waals surface area contributed by atoms with Crippen LogP contribution >= 0.6 is 0 Å². The van der Waals surface area contributed by atoms with Crippen molar-refractivity contribution in [3.05, 3.63) is 11.9 Å². The highest BCUT2D eigenvalue weighted by atomic mass is 15.1. The average Bonchev–Trinajstić information content (AvgIpc) is 3.14. The second-order valence-electron chi connectivity index (χ2n) is 5.49. The molecule has 17 heavy (non-hydrogen) atoms. The maximum absolute atomic E-state index is 4.64. The Balaban J connectivity index is 1.84. The molecule has 0 amide bonds. The van der Waals surface area contributed by atoms with Gasteiger partial charge in [0, 0.05) is 24.1 Å². The van der Waals surface area contributed by atoms with Crippen molar-refractivity contribution in [2.24, 2.45) is 0 Å². The van der Waals surface area contributed by atoms with Crippen LogP contribution in [0.5, 0.6) is 0 Å². The van der Waals surface area contributed by atoms with Crippen molar-refractivity contribution in [1.82, 2.24) is 9.97 Å². The molecule has 0 atom stereocenters. The Bertz CT molecular complexity index is 421. The topological polar surface area (TPSA) is 49.8 Å². The summed E-state index contributed by atoms with van der Waals surface area (Å²) >= 11 is 0. The molecule has 2 N–H and O–H groups in total. The van der Waals surface area contributed by atoms with E-state index in [4.69, 9.17) is 0 Å². The lowest BCUT2D eigenvalue weighted by atomic mass is 10.3. The SMILES string of the molecule is CCNc1cc(NC2(C)CC2)nc(C2CC2)n1. The number of hydrogen-bond donors (Lipinski definition) is 2. The molecule has 3 rings (SSSR count). The number of anilines is 2. The molecule has 4 heteroatoms. The smallest absolute Gasteiger partial charge is 0.136 e. The van der Waals surface area contributed by atoms with E-state index < -0.39 is 0 Å². The molecule has 0 bridgehead atoms. The van der Waals surface area contributed by atoms with E-state index in [1.54, 1.807) is 0 Å². The largest absolute Gasteiger partial charge is 0.370 e. The number of hydrogen-bond acceptors (Lipinski definition) is 4. The van der Waals surface area contributed by atoms with Crippen molar-refractivity contribution in [2.75, 3.05) is 17.2 Å². The van der Waals surface area contributed by atoms with Gasteiger partial charge in [0.05, 0.1) is 0 Å². The van der Waals surface area contributed by atoms with E-state index in [1.165, 1.54) is 25.7 Å². The minimum Gasteiger partial charge on any atom is -0.370 e. The summed E-state index contributed by atoms with van der Waals surface area (Å²) in [6.45, 7) is 5.24. The van der Waals surface area contributed by atoms with Gasteiger partial charge in [0.2, 0.25) is 0 Å². The van der Waals surface area contributed by atoms with Crippen molar-refractivity contribution in [3.8, 4) is 0 Å². The van der Waals surface area contributed by atoms with Gasteiger partial charge >= 0.3 is 0 Å². The van der Waals surface area contributed by atoms with Crippen molar-refractivity contribution >= 4 is 11.6 Å². The van der Waals surface area contributed by atoms with Gasteiger partial charge in [-0.15, -0.1) is 0 Å². The van der Waals surface area contributed by atoms with Gasteiger partial charge < -0.3 is 10.6 Å². The summed E-state index contributed by atoms with van der Waals surface area (Å²) in [6, 6.07) is 2.03. The van der Waals surface area contributed by atoms with Crippen LogP contribution in [-0.2, 0) is 0 Å². The minimum atomic E-state index is 0.276. The number of nitrogens with one attached hydrogen (secondary N) is 2. The van der Waals surface area contributed by atoms with E-state index in [-0.39, 0.29) is 5.54 Å². The van der Waals surface area contributed by atoms with Gasteiger partial charge in [0.25, 0.3) is 0 Å². The third kappa shape index (κ3) is 2.51. The van der Waals surface area contributed by atoms with Crippen LogP contribution in [0.3, 0.4) is 0 Å². The highest BCUT2D eigenvalue weighted by Crippen LogP contribution is 2.41. The summed E-state index contributed by atoms with van der Waals surface area (Å²) in [5.41, 5.74) is 0.276. The van der Waals surface area contributed by atoms with Gasteiger partial charge in [-0.05, 0) is 39.5 Å². The quantitative estimate of drug-likeness (QED) is 0.819. The van der Waals surface area contributed by atoms with Gasteiger partial charge in [-0.3, -0.25) is 0 Å². The predicted octanol–water partition coefficient (Wildman–Crippen LogP) is 2.75. The molecule has 1 aromatic rings. The van der Waals surface area contributed by atoms with Crippen LogP contribution in [-0.4, -0.2) is 22.1 Å². The molecule has 1 heterocycles. The highest BCUT2D eigenvalue weighted by Gasteiger charge is 2.38. The van der Waals surface area contributed by atoms with Crippen LogP contribution in [0.15, 0.2) is 6.07 Å². The van der Waals surface area contributed by atoms with E-state index in [0.717, 1.165) is 24.0 Å². The second kappa shape index (κ2) is 3.86. The molecule has 92 valence electrons. The Hall–Kier alpha value is -1.32. The van der Waals surface area contributed by atoms with Crippen LogP contribution in [0.2, 0.25) is 0 Å². The second-order valence-corrected chi connectivity index (χ2v) is 5.49. The van der Waals surface area contributed by atoms with Gasteiger partial charge in [-0.1, -0.05) is 0 Å². The standard InChI is InChI=1S/C13H20N4/c1-3-14-10-8-11(17-13(2)6-7-13)16-12(15-10)9-4-5-9/h8-9H,3-7H2,1-2H3,(H2,14,15,16,17). The van der Waals surface area contributed by atoms with E-state index >= 15 is 0 Å². The first-order valence-electron chi connectivity index (χ1n) is 6.59. The molecule has 2 saturated carbocycles. The predicted molar refractivity (Wildman–Crippen MR) is 69.4 cm³/mol. The molecule has 0 spiro atoms. The number of aromatic nitrogens is 2. The van der Waals surface area contributed by atoms with Crippen LogP contribution in [0.1, 0.15) is 51.3 Å². The third-order valence-corrected chi connectivity index (χ3v) is 3.47. The maximum atomic E-state index is 4.64. The summed E-state index contributed by atoms with van der Waals surface area (Å²) in [5.74, 6) is 3.55. The number of rotatable bonds is 5. The van der Waals surface area contributed by atoms with E-state index in [0.29, 0.717) is 5.92 Å². The fourth-order valence-corrected chi connectivity index (χ4v) is 1.95. The van der Waals surface area contributed by atoms with Gasteiger partial charge in [0.1, 0.15) is 17.5 Å². The Kier molecular flexibility index (Phi) is 2.45. The normalized spacial score (nSPS) is 21.1. The first-order chi connectivity index (χ1) is 8.18. The van der Waals surface area contributed by atoms with Gasteiger partial charge in [-0.2, -0.15) is 0 Å². The van der Waals surface area contributed by atoms with E-state index in [9.17, 15) is 0 Å². The summed E-state index contributed by atoms with van der Waals surface area (Å²) in [6.07, 6.45) is 4.97. The molecule has 4 nitrogen and oxygen atoms in total. The molecule has 0 aromatic carbocycles. The van der Waals surface area contributed by atoms with E-state index in [1.807, 2.05) is 6.07 Å². The highest BCUT2D eigenvalue weighted by molar-refractivity contribution is 5.50. The Morgan fingerprint density at radius 3 is 2.59 bits per heavy atom. The Morgan fingerprint density at radius 2 is 2.00 bits per heavy atom. The Morgan fingerprint density at radius 1 is 1.29 bits per heavy atom. The molecule has 2 aliphatic carbocycles. The van der Waals surface area contributed by atoms with Crippen molar-refractivity contribution in [1.29, 1.82) is 0 Å². The number of nitrogens with zero attached hydrogens (tertiary/aromatic N) is 2. The maximum Gasteiger partial charge on any atom is 0.136 e. The molecule has 0 radical (unpaired) electrons. The fourth-order valence-electron chi connectivity index (χ4n) is 1.95. The summed E-state index contributed by atoms with van der Waals surface area (Å²) in [4.78, 5) is 9.21. The molecular formula is C13H20N4. The zero-order valence-electron chi connectivity index (χ0n) is 10.6. The molecule has 2 fully saturated rings. The lowest BCUT2D eigenvalue weighted by Gasteiger charge is -2.14. The zero-order chi connectivity index (χ0) is 11.9. The monoisotopic (exact) mass is 232 g/mol. The lowest BCUT2D eigenvalue weighted by Crippen LogP contribution is -2.18. The average molecular weight is 232 g/mol. The molecule has 1 aromatic heterocycles. The van der Waals surface area contributed by atoms with Crippen LogP contribution < -0.4 is 10.6 Å². The minimum absolute atomic E-state index is 0.276. The molecule has 2 aliphatic rings. The van der Waals surface area contributed by atoms with Crippen LogP contribution in [0.25, 0.3) is 0 Å². The van der Waals surface area contributed by atoms with Crippen molar-refractivity contribution in [2.45, 2.75) is 51.0 Å². The van der Waals surface area contributed by atoms with Crippen LogP contribution in [0.4, 0.5) is 11.6 Å². The summed E-state index contributed by atoms with van der Waals surface area (Å²) in [7, 11) is 0. The van der Waals surface area contributed by atoms with E-state index in [2.05, 4.69) is 34.4 Å². The molecule has 0 aliphatic heterocycles. The van der Waals surface area contributed by atoms with Crippen LogP contribution in [0, 0.1) is 0 Å². The first kappa shape index (κ1) is 10.8. The summed E-state index contributed by atoms with van der Waals surface area (Å²) < 4.78 is 0. The summed E-state index contributed by atoms with van der Waals surface area (Å²) in [5, 5.41) is 6.81. The molecule has 0 saturated heterocycles. The Labute approximate surface area is 102 Å². The fraction of sp³-hybridized carbons (Fsp3) is 0.692.